The van der Waals surface area contributed by atoms with Gasteiger partial charge in [-0.05, 0) is 30.5 Å². The molecule has 1 amide bonds. The number of carbonyl (C=O) groups excluding carboxylic acids is 1. The van der Waals surface area contributed by atoms with Gasteiger partial charge in [0.2, 0.25) is 5.91 Å². The second kappa shape index (κ2) is 6.70. The van der Waals surface area contributed by atoms with Crippen LogP contribution in [0.15, 0.2) is 18.2 Å². The van der Waals surface area contributed by atoms with E-state index in [4.69, 9.17) is 10.5 Å². The summed E-state index contributed by atoms with van der Waals surface area (Å²) in [5.74, 6) is -0.258. The number of benzene rings is 1. The topological polar surface area (TPSA) is 64.3 Å². The number of carbonyl (C=O) groups is 1. The molecule has 20 heavy (non-hydrogen) atoms. The molecule has 1 aromatic carbocycles. The summed E-state index contributed by atoms with van der Waals surface area (Å²) in [5, 5.41) is 2.92. The quantitative estimate of drug-likeness (QED) is 0.837. The number of hydrogen-bond acceptors (Lipinski definition) is 3. The van der Waals surface area contributed by atoms with Gasteiger partial charge in [0.1, 0.15) is 0 Å². The average Bonchev–Trinajstić information content (AvgIpc) is 2.38. The summed E-state index contributed by atoms with van der Waals surface area (Å²) in [5.41, 5.74) is 5.86. The van der Waals surface area contributed by atoms with Crippen molar-refractivity contribution in [3.8, 4) is 5.75 Å². The van der Waals surface area contributed by atoms with Gasteiger partial charge in [0.15, 0.2) is 11.6 Å². The highest BCUT2D eigenvalue weighted by Gasteiger charge is 2.28. The average molecular weight is 282 g/mol. The molecule has 0 aromatic heterocycles. The monoisotopic (exact) mass is 282 g/mol. The van der Waals surface area contributed by atoms with Crippen LogP contribution < -0.4 is 15.8 Å². The van der Waals surface area contributed by atoms with Crippen molar-refractivity contribution in [2.45, 2.75) is 32.7 Å². The molecule has 0 spiro atoms. The molecule has 3 N–H and O–H groups in total. The molecule has 0 saturated carbocycles. The number of nitrogens with two attached hydrogens (primary N) is 1. The lowest BCUT2D eigenvalue weighted by atomic mass is 9.88. The van der Waals surface area contributed by atoms with Gasteiger partial charge < -0.3 is 15.8 Å². The van der Waals surface area contributed by atoms with Gasteiger partial charge >= 0.3 is 0 Å². The fourth-order valence-electron chi connectivity index (χ4n) is 1.80. The number of halogens is 1. The molecular formula is C15H23FN2O2. The number of methoxy groups -OCH3 is 1. The van der Waals surface area contributed by atoms with E-state index in [-0.39, 0.29) is 24.0 Å². The Hall–Kier alpha value is -1.62. The minimum Gasteiger partial charge on any atom is -0.494 e. The van der Waals surface area contributed by atoms with Crippen molar-refractivity contribution >= 4 is 5.91 Å². The van der Waals surface area contributed by atoms with Crippen molar-refractivity contribution in [3.63, 3.8) is 0 Å². The number of hydrogen-bond donors (Lipinski definition) is 2. The van der Waals surface area contributed by atoms with Crippen LogP contribution in [0.2, 0.25) is 0 Å². The first-order valence-corrected chi connectivity index (χ1v) is 6.66. The van der Waals surface area contributed by atoms with Gasteiger partial charge in [-0.25, -0.2) is 4.39 Å². The second-order valence-corrected chi connectivity index (χ2v) is 5.47. The zero-order chi connectivity index (χ0) is 15.3. The maximum absolute atomic E-state index is 13.6. The van der Waals surface area contributed by atoms with Crippen molar-refractivity contribution in [1.29, 1.82) is 0 Å². The van der Waals surface area contributed by atoms with Gasteiger partial charge in [0.05, 0.1) is 19.1 Å². The number of nitrogens with one attached hydrogen (secondary N) is 1. The molecule has 1 aromatic rings. The molecule has 1 atom stereocenters. The highest BCUT2D eigenvalue weighted by molar-refractivity contribution is 5.79. The number of rotatable bonds is 6. The molecule has 0 bridgehead atoms. The van der Waals surface area contributed by atoms with Gasteiger partial charge in [0, 0.05) is 6.54 Å². The zero-order valence-corrected chi connectivity index (χ0v) is 12.5. The van der Waals surface area contributed by atoms with Gasteiger partial charge in [-0.3, -0.25) is 4.79 Å². The van der Waals surface area contributed by atoms with E-state index in [1.54, 1.807) is 6.07 Å². The van der Waals surface area contributed by atoms with Crippen molar-refractivity contribution < 1.29 is 13.9 Å². The van der Waals surface area contributed by atoms with E-state index in [1.165, 1.54) is 19.2 Å². The fourth-order valence-corrected chi connectivity index (χ4v) is 1.80. The Kier molecular flexibility index (Phi) is 5.51. The van der Waals surface area contributed by atoms with Crippen LogP contribution in [0.3, 0.4) is 0 Å². The van der Waals surface area contributed by atoms with E-state index in [2.05, 4.69) is 5.32 Å². The fraction of sp³-hybridized carbons (Fsp3) is 0.533. The molecule has 0 radical (unpaired) electrons. The Morgan fingerprint density at radius 3 is 2.60 bits per heavy atom. The zero-order valence-electron chi connectivity index (χ0n) is 12.5. The minimum atomic E-state index is -0.469. The first kappa shape index (κ1) is 16.4. The summed E-state index contributed by atoms with van der Waals surface area (Å²) in [7, 11) is 1.40. The van der Waals surface area contributed by atoms with Gasteiger partial charge in [-0.2, -0.15) is 0 Å². The Morgan fingerprint density at radius 1 is 1.50 bits per heavy atom. The Balaban J connectivity index is 2.74. The predicted molar refractivity (Wildman–Crippen MR) is 77.1 cm³/mol. The second-order valence-electron chi connectivity index (χ2n) is 5.47. The molecule has 1 unspecified atom stereocenters. The molecule has 0 fully saturated rings. The largest absolute Gasteiger partial charge is 0.494 e. The van der Waals surface area contributed by atoms with Crippen LogP contribution in [0, 0.1) is 11.7 Å². The highest BCUT2D eigenvalue weighted by atomic mass is 19.1. The molecule has 5 heteroatoms. The summed E-state index contributed by atoms with van der Waals surface area (Å²) in [4.78, 5) is 12.0. The molecule has 112 valence electrons. The van der Waals surface area contributed by atoms with Crippen LogP contribution in [0.25, 0.3) is 0 Å². The van der Waals surface area contributed by atoms with E-state index >= 15 is 0 Å². The van der Waals surface area contributed by atoms with E-state index < -0.39 is 11.4 Å². The number of ether oxygens (including phenoxy) is 1. The van der Waals surface area contributed by atoms with Crippen LogP contribution in [-0.4, -0.2) is 25.1 Å². The highest BCUT2D eigenvalue weighted by Crippen LogP contribution is 2.19. The molecule has 4 nitrogen and oxygen atoms in total. The Labute approximate surface area is 119 Å². The lowest BCUT2D eigenvalue weighted by Gasteiger charge is -2.33. The molecule has 0 saturated heterocycles. The van der Waals surface area contributed by atoms with Crippen LogP contribution in [0.1, 0.15) is 26.3 Å². The van der Waals surface area contributed by atoms with Crippen LogP contribution in [-0.2, 0) is 11.2 Å². The first-order chi connectivity index (χ1) is 9.32. The lowest BCUT2D eigenvalue weighted by molar-refractivity contribution is -0.122. The van der Waals surface area contributed by atoms with Gasteiger partial charge in [-0.15, -0.1) is 0 Å². The van der Waals surface area contributed by atoms with Crippen molar-refractivity contribution in [1.82, 2.24) is 5.32 Å². The first-order valence-electron chi connectivity index (χ1n) is 6.66. The third-order valence-electron chi connectivity index (χ3n) is 3.70. The predicted octanol–water partition coefficient (Wildman–Crippen LogP) is 1.87. The smallest absolute Gasteiger partial charge is 0.224 e. The summed E-state index contributed by atoms with van der Waals surface area (Å²) < 4.78 is 18.4. The third kappa shape index (κ3) is 3.93. The molecule has 0 aliphatic heterocycles. The van der Waals surface area contributed by atoms with Crippen molar-refractivity contribution in [2.24, 2.45) is 11.7 Å². The summed E-state index contributed by atoms with van der Waals surface area (Å²) in [6.07, 6.45) is 0.114. The standard InChI is InChI=1S/C15H23FN2O2/c1-10(2)15(3,9-17)18-14(19)8-11-5-6-13(20-4)12(16)7-11/h5-7,10H,8-9,17H2,1-4H3,(H,18,19). The molecule has 1 rings (SSSR count). The maximum Gasteiger partial charge on any atom is 0.224 e. The third-order valence-corrected chi connectivity index (χ3v) is 3.70. The summed E-state index contributed by atoms with van der Waals surface area (Å²) in [6.45, 7) is 6.26. The van der Waals surface area contributed by atoms with Gasteiger partial charge in [0.25, 0.3) is 0 Å². The molecule has 0 heterocycles. The lowest BCUT2D eigenvalue weighted by Crippen LogP contribution is -2.55. The van der Waals surface area contributed by atoms with Crippen LogP contribution in [0.4, 0.5) is 4.39 Å². The van der Waals surface area contributed by atoms with E-state index in [1.807, 2.05) is 20.8 Å². The van der Waals surface area contributed by atoms with E-state index in [0.717, 1.165) is 0 Å². The van der Waals surface area contributed by atoms with E-state index in [9.17, 15) is 9.18 Å². The molecule has 0 aliphatic rings. The normalized spacial score (nSPS) is 13.9. The number of amides is 1. The minimum absolute atomic E-state index is 0.114. The summed E-state index contributed by atoms with van der Waals surface area (Å²) >= 11 is 0. The molecule has 0 aliphatic carbocycles. The SMILES string of the molecule is COc1ccc(CC(=O)NC(C)(CN)C(C)C)cc1F. The van der Waals surface area contributed by atoms with Crippen molar-refractivity contribution in [2.75, 3.05) is 13.7 Å². The Morgan fingerprint density at radius 2 is 2.15 bits per heavy atom. The Bertz CT molecular complexity index is 477. The van der Waals surface area contributed by atoms with E-state index in [0.29, 0.717) is 12.1 Å². The van der Waals surface area contributed by atoms with Crippen molar-refractivity contribution in [3.05, 3.63) is 29.6 Å². The van der Waals surface area contributed by atoms with Crippen LogP contribution >= 0.6 is 0 Å². The molecular weight excluding hydrogens is 259 g/mol. The maximum atomic E-state index is 13.6. The van der Waals surface area contributed by atoms with Gasteiger partial charge in [-0.1, -0.05) is 19.9 Å². The van der Waals surface area contributed by atoms with Crippen LogP contribution in [0.5, 0.6) is 5.75 Å². The summed E-state index contributed by atoms with van der Waals surface area (Å²) in [6, 6.07) is 4.51.